The average molecular weight is 827 g/mol. The Morgan fingerprint density at radius 1 is 0.656 bits per heavy atom. The number of nitrogens with one attached hydrogen (secondary N) is 3. The van der Waals surface area contributed by atoms with E-state index in [0.717, 1.165) is 122 Å². The lowest BCUT2D eigenvalue weighted by Gasteiger charge is -2.36. The van der Waals surface area contributed by atoms with Crippen molar-refractivity contribution in [1.82, 2.24) is 45.0 Å². The number of anilines is 2. The Labute approximate surface area is 354 Å². The Kier molecular flexibility index (Phi) is 13.4. The summed E-state index contributed by atoms with van der Waals surface area (Å²) in [6.45, 7) is 14.8. The molecular formula is C45H54N12O4. The van der Waals surface area contributed by atoms with Crippen LogP contribution in [-0.4, -0.2) is 111 Å². The van der Waals surface area contributed by atoms with Gasteiger partial charge in [-0.05, 0) is 78.9 Å². The number of primary amides is 1. The number of fused-ring (bicyclic) bond motifs is 2. The molecule has 7 heterocycles. The molecule has 16 nitrogen and oxygen atoms in total. The van der Waals surface area contributed by atoms with Crippen molar-refractivity contribution in [3.8, 4) is 0 Å². The third-order valence-electron chi connectivity index (χ3n) is 11.4. The van der Waals surface area contributed by atoms with Crippen molar-refractivity contribution in [2.24, 2.45) is 5.73 Å². The number of pyridine rings is 4. The zero-order valence-electron chi connectivity index (χ0n) is 35.3. The number of aryl methyl sites for hydroxylation is 3. The van der Waals surface area contributed by atoms with Gasteiger partial charge in [-0.25, -0.2) is 15.0 Å². The molecule has 2 aliphatic heterocycles. The van der Waals surface area contributed by atoms with Gasteiger partial charge in [0.1, 0.15) is 17.1 Å². The van der Waals surface area contributed by atoms with E-state index in [-0.39, 0.29) is 22.7 Å². The van der Waals surface area contributed by atoms with Gasteiger partial charge in [-0.15, -0.1) is 0 Å². The van der Waals surface area contributed by atoms with Gasteiger partial charge < -0.3 is 30.8 Å². The van der Waals surface area contributed by atoms with Gasteiger partial charge in [0.15, 0.2) is 0 Å². The van der Waals surface area contributed by atoms with E-state index in [9.17, 15) is 19.2 Å². The van der Waals surface area contributed by atoms with Crippen molar-refractivity contribution >= 4 is 45.3 Å². The lowest BCUT2D eigenvalue weighted by Crippen LogP contribution is -2.46. The summed E-state index contributed by atoms with van der Waals surface area (Å²) in [5, 5.41) is 2.64. The molecular weight excluding hydrogens is 773 g/mol. The molecule has 8 rings (SSSR count). The molecule has 16 heteroatoms. The molecule has 0 bridgehead atoms. The Morgan fingerprint density at radius 2 is 1.30 bits per heavy atom. The van der Waals surface area contributed by atoms with Gasteiger partial charge in [-0.2, -0.15) is 0 Å². The lowest BCUT2D eigenvalue weighted by atomic mass is 10.1. The van der Waals surface area contributed by atoms with E-state index in [4.69, 9.17) is 5.73 Å². The number of hydrogen-bond donors (Lipinski definition) is 4. The van der Waals surface area contributed by atoms with E-state index in [0.29, 0.717) is 24.2 Å². The summed E-state index contributed by atoms with van der Waals surface area (Å²) in [6.07, 6.45) is 5.69. The maximum atomic E-state index is 12.1. The van der Waals surface area contributed by atoms with Crippen molar-refractivity contribution in [1.29, 1.82) is 0 Å². The minimum Gasteiger partial charge on any atom is -0.368 e. The van der Waals surface area contributed by atoms with Crippen LogP contribution in [0.5, 0.6) is 0 Å². The zero-order valence-corrected chi connectivity index (χ0v) is 35.3. The number of hydrogen-bond acceptors (Lipinski definition) is 12. The second-order valence-electron chi connectivity index (χ2n) is 15.4. The number of amides is 2. The molecule has 0 aliphatic carbocycles. The number of carbonyl (C=O) groups is 2. The lowest BCUT2D eigenvalue weighted by molar-refractivity contribution is 0.0956. The third-order valence-corrected chi connectivity index (χ3v) is 11.4. The second kappa shape index (κ2) is 19.2. The Hall–Kier alpha value is -6.52. The maximum Gasteiger partial charge on any atom is 0.270 e. The Morgan fingerprint density at radius 3 is 1.93 bits per heavy atom. The van der Waals surface area contributed by atoms with Crippen LogP contribution in [-0.2, 0) is 32.4 Å². The summed E-state index contributed by atoms with van der Waals surface area (Å²) in [5.41, 5.74) is 15.7. The van der Waals surface area contributed by atoms with E-state index in [1.54, 1.807) is 25.4 Å². The molecule has 0 spiro atoms. The van der Waals surface area contributed by atoms with Crippen LogP contribution >= 0.6 is 0 Å². The van der Waals surface area contributed by atoms with Gasteiger partial charge >= 0.3 is 0 Å². The highest BCUT2D eigenvalue weighted by Crippen LogP contribution is 2.23. The van der Waals surface area contributed by atoms with Crippen LogP contribution in [0.2, 0.25) is 0 Å². The molecule has 0 unspecified atom stereocenters. The quantitative estimate of drug-likeness (QED) is 0.149. The van der Waals surface area contributed by atoms with Crippen molar-refractivity contribution in [3.05, 3.63) is 127 Å². The number of rotatable bonds is 11. The number of nitrogens with two attached hydrogens (primary N) is 1. The number of nitrogens with zero attached hydrogens (tertiary/aromatic N) is 8. The predicted octanol–water partition coefficient (Wildman–Crippen LogP) is 3.43. The number of carbonyl (C=O) groups excluding carboxylic acids is 2. The van der Waals surface area contributed by atoms with Crippen LogP contribution in [0.15, 0.2) is 76.6 Å². The standard InChI is InChI=1S/C24H30N6O2.C21H24N6O2/c1-4-17-22(9-8-20(26-17)23(31)25-3)30-12-10-29(11-13-30)15-16-6-7-19-21(14-16)28-24(32)18(5-2)27-19;1-2-15-10-18-19(25-21(15)29)9-14(11-23-18)13-26-5-7-27(8-6-26)16-3-4-17(20(22)28)24-12-16/h6-9,14H,4-5,10-13,15H2,1-3H3,(H,25,31)(H,28,32);3-4,9-12H,2,5-8,13H2,1H3,(H2,22,28)(H,25,29). The normalized spacial score (nSPS) is 14.8. The fraction of sp³-hybridized carbons (Fsp3) is 0.378. The molecule has 2 amide bonds. The first-order chi connectivity index (χ1) is 29.5. The summed E-state index contributed by atoms with van der Waals surface area (Å²) in [7, 11) is 1.62. The fourth-order valence-corrected chi connectivity index (χ4v) is 7.87. The Balaban J connectivity index is 0.000000185. The van der Waals surface area contributed by atoms with Crippen molar-refractivity contribution < 1.29 is 9.59 Å². The van der Waals surface area contributed by atoms with Gasteiger partial charge in [0.05, 0.1) is 45.3 Å². The first-order valence-electron chi connectivity index (χ1n) is 21.0. The highest BCUT2D eigenvalue weighted by Gasteiger charge is 2.22. The zero-order chi connectivity index (χ0) is 43.0. The summed E-state index contributed by atoms with van der Waals surface area (Å²) in [5.74, 6) is -0.674. The monoisotopic (exact) mass is 826 g/mol. The van der Waals surface area contributed by atoms with Gasteiger partial charge in [-0.1, -0.05) is 26.8 Å². The molecule has 0 radical (unpaired) electrons. The average Bonchev–Trinajstić information content (AvgIpc) is 3.28. The van der Waals surface area contributed by atoms with Crippen LogP contribution in [0, 0.1) is 0 Å². The first-order valence-corrected chi connectivity index (χ1v) is 21.0. The van der Waals surface area contributed by atoms with E-state index in [1.165, 1.54) is 5.56 Å². The van der Waals surface area contributed by atoms with Crippen LogP contribution in [0.4, 0.5) is 11.4 Å². The largest absolute Gasteiger partial charge is 0.368 e. The molecule has 2 saturated heterocycles. The minimum atomic E-state index is -0.516. The van der Waals surface area contributed by atoms with Crippen LogP contribution < -0.4 is 32.0 Å². The maximum absolute atomic E-state index is 12.1. The molecule has 2 fully saturated rings. The van der Waals surface area contributed by atoms with Gasteiger partial charge in [0.25, 0.3) is 22.9 Å². The molecule has 0 atom stereocenters. The molecule has 318 valence electrons. The number of benzene rings is 1. The molecule has 2 aliphatic rings. The molecule has 5 N–H and O–H groups in total. The molecule has 0 saturated carbocycles. The van der Waals surface area contributed by atoms with Gasteiger partial charge in [0.2, 0.25) is 0 Å². The van der Waals surface area contributed by atoms with E-state index >= 15 is 0 Å². The summed E-state index contributed by atoms with van der Waals surface area (Å²) < 4.78 is 0. The second-order valence-corrected chi connectivity index (χ2v) is 15.4. The third kappa shape index (κ3) is 10.1. The van der Waals surface area contributed by atoms with Gasteiger partial charge in [-0.3, -0.25) is 34.0 Å². The highest BCUT2D eigenvalue weighted by molar-refractivity contribution is 5.92. The number of piperazine rings is 2. The molecule has 5 aromatic heterocycles. The highest BCUT2D eigenvalue weighted by atomic mass is 16.2. The topological polar surface area (TPSA) is 202 Å². The summed E-state index contributed by atoms with van der Waals surface area (Å²) >= 11 is 0. The van der Waals surface area contributed by atoms with Crippen molar-refractivity contribution in [2.45, 2.75) is 53.1 Å². The fourth-order valence-electron chi connectivity index (χ4n) is 7.87. The van der Waals surface area contributed by atoms with E-state index in [1.807, 2.05) is 56.4 Å². The van der Waals surface area contributed by atoms with E-state index in [2.05, 4.69) is 67.8 Å². The summed E-state index contributed by atoms with van der Waals surface area (Å²) in [4.78, 5) is 80.2. The number of aromatic nitrogens is 6. The van der Waals surface area contributed by atoms with Crippen LogP contribution in [0.25, 0.3) is 22.1 Å². The summed E-state index contributed by atoms with van der Waals surface area (Å²) in [6, 6.07) is 17.4. The van der Waals surface area contributed by atoms with Gasteiger partial charge in [0, 0.05) is 84.3 Å². The number of H-pyrrole nitrogens is 2. The molecule has 6 aromatic rings. The van der Waals surface area contributed by atoms with Crippen LogP contribution in [0.3, 0.4) is 0 Å². The smallest absolute Gasteiger partial charge is 0.270 e. The van der Waals surface area contributed by atoms with Crippen LogP contribution in [0.1, 0.15) is 69.8 Å². The van der Waals surface area contributed by atoms with Crippen molar-refractivity contribution in [3.63, 3.8) is 0 Å². The SMILES string of the molecule is CCc1cc2ncc(CN3CCN(c4ccc(C(N)=O)nc4)CC3)cc2[nH]c1=O.CCc1nc(C(=O)NC)ccc1N1CCN(Cc2ccc3nc(CC)c(=O)[nH]c3c2)CC1. The number of aromatic amines is 2. The van der Waals surface area contributed by atoms with Crippen molar-refractivity contribution in [2.75, 3.05) is 69.2 Å². The molecule has 1 aromatic carbocycles. The van der Waals surface area contributed by atoms with E-state index < -0.39 is 5.91 Å². The first kappa shape index (κ1) is 42.6. The predicted molar refractivity (Wildman–Crippen MR) is 238 cm³/mol. The molecule has 61 heavy (non-hydrogen) atoms. The Bertz CT molecular complexity index is 2630. The minimum absolute atomic E-state index is 0.0384.